The van der Waals surface area contributed by atoms with Crippen LogP contribution in [0.25, 0.3) is 0 Å². The van der Waals surface area contributed by atoms with Crippen LogP contribution >= 0.6 is 20.2 Å². The molecule has 0 saturated carbocycles. The summed E-state index contributed by atoms with van der Waals surface area (Å²) in [5.74, 6) is -3.60. The minimum absolute atomic E-state index is 0. The standard InChI is InChI=1S/C9H15O10P.ClH/c10-7(11)1-4-17-20(16,18-5-2-8(12)13)19-6-3-9(14)15;/h1-6H2,(H,10,11)(H,12,13)(H,14,15);1H. The first-order valence-corrected chi connectivity index (χ1v) is 6.90. The molecule has 10 nitrogen and oxygen atoms in total. The lowest BCUT2D eigenvalue weighted by Gasteiger charge is -2.16. The summed E-state index contributed by atoms with van der Waals surface area (Å²) >= 11 is 0. The van der Waals surface area contributed by atoms with E-state index in [0.717, 1.165) is 0 Å². The Morgan fingerprint density at radius 2 is 0.952 bits per heavy atom. The average molecular weight is 351 g/mol. The lowest BCUT2D eigenvalue weighted by Crippen LogP contribution is -2.09. The Labute approximate surface area is 126 Å². The van der Waals surface area contributed by atoms with Crippen molar-refractivity contribution in [1.29, 1.82) is 0 Å². The Hall–Kier alpha value is -1.19. The molecule has 0 saturated heterocycles. The van der Waals surface area contributed by atoms with Crippen LogP contribution in [0.2, 0.25) is 0 Å². The van der Waals surface area contributed by atoms with Gasteiger partial charge in [-0.3, -0.25) is 28.0 Å². The molecule has 124 valence electrons. The Morgan fingerprint density at radius 1 is 0.714 bits per heavy atom. The molecule has 0 aliphatic rings. The second-order valence-electron chi connectivity index (χ2n) is 3.38. The third-order valence-electron chi connectivity index (χ3n) is 1.70. The van der Waals surface area contributed by atoms with Gasteiger partial charge in [-0.1, -0.05) is 0 Å². The number of phosphoric ester groups is 1. The molecule has 0 unspecified atom stereocenters. The van der Waals surface area contributed by atoms with Crippen LogP contribution < -0.4 is 0 Å². The molecule has 0 rings (SSSR count). The minimum Gasteiger partial charge on any atom is -0.481 e. The van der Waals surface area contributed by atoms with Gasteiger partial charge in [-0.05, 0) is 0 Å². The maximum Gasteiger partial charge on any atom is 0.474 e. The minimum atomic E-state index is -4.18. The fourth-order valence-corrected chi connectivity index (χ4v) is 2.01. The quantitative estimate of drug-likeness (QED) is 0.433. The van der Waals surface area contributed by atoms with Crippen LogP contribution in [0.15, 0.2) is 0 Å². The van der Waals surface area contributed by atoms with E-state index in [1.165, 1.54) is 0 Å². The van der Waals surface area contributed by atoms with Crippen molar-refractivity contribution in [3.05, 3.63) is 0 Å². The first-order valence-electron chi connectivity index (χ1n) is 5.44. The lowest BCUT2D eigenvalue weighted by atomic mass is 10.5. The van der Waals surface area contributed by atoms with E-state index >= 15 is 0 Å². The summed E-state index contributed by atoms with van der Waals surface area (Å²) < 4.78 is 25.9. The van der Waals surface area contributed by atoms with Gasteiger partial charge in [0.05, 0.1) is 39.1 Å². The number of carboxylic acid groups (broad SMARTS) is 3. The zero-order chi connectivity index (χ0) is 15.6. The van der Waals surface area contributed by atoms with Gasteiger partial charge < -0.3 is 15.3 Å². The number of hydrogen-bond donors (Lipinski definition) is 3. The van der Waals surface area contributed by atoms with Gasteiger partial charge in [0.1, 0.15) is 0 Å². The monoisotopic (exact) mass is 350 g/mol. The highest BCUT2D eigenvalue weighted by molar-refractivity contribution is 7.48. The first-order chi connectivity index (χ1) is 9.25. The molecule has 0 fully saturated rings. The Bertz CT molecular complexity index is 341. The van der Waals surface area contributed by atoms with Crippen molar-refractivity contribution in [3.63, 3.8) is 0 Å². The highest BCUT2D eigenvalue weighted by Crippen LogP contribution is 2.49. The SMILES string of the molecule is Cl.O=C(O)CCOP(=O)(OCCC(=O)O)OCCC(=O)O. The van der Waals surface area contributed by atoms with Crippen LogP contribution in [0.5, 0.6) is 0 Å². The molecule has 0 aliphatic heterocycles. The van der Waals surface area contributed by atoms with Crippen LogP contribution in [0, 0.1) is 0 Å². The van der Waals surface area contributed by atoms with Crippen molar-refractivity contribution < 1.29 is 47.8 Å². The van der Waals surface area contributed by atoms with Gasteiger partial charge in [0.15, 0.2) is 0 Å². The summed E-state index contributed by atoms with van der Waals surface area (Å²) in [5, 5.41) is 25.2. The Balaban J connectivity index is 0. The van der Waals surface area contributed by atoms with Gasteiger partial charge in [-0.25, -0.2) is 4.57 Å². The van der Waals surface area contributed by atoms with Crippen molar-refractivity contribution in [2.75, 3.05) is 19.8 Å². The predicted molar refractivity (Wildman–Crippen MR) is 69.5 cm³/mol. The zero-order valence-electron chi connectivity index (χ0n) is 10.8. The molecule has 0 aromatic heterocycles. The predicted octanol–water partition coefficient (Wildman–Crippen LogP) is 0.990. The highest BCUT2D eigenvalue weighted by Gasteiger charge is 2.27. The molecule has 0 spiro atoms. The van der Waals surface area contributed by atoms with E-state index in [4.69, 9.17) is 15.3 Å². The van der Waals surface area contributed by atoms with Crippen LogP contribution in [0.4, 0.5) is 0 Å². The van der Waals surface area contributed by atoms with Crippen molar-refractivity contribution in [1.82, 2.24) is 0 Å². The van der Waals surface area contributed by atoms with Gasteiger partial charge in [0, 0.05) is 0 Å². The highest BCUT2D eigenvalue weighted by atomic mass is 35.5. The van der Waals surface area contributed by atoms with Gasteiger partial charge in [0.25, 0.3) is 0 Å². The van der Waals surface area contributed by atoms with Crippen LogP contribution in [-0.4, -0.2) is 53.0 Å². The van der Waals surface area contributed by atoms with E-state index in [2.05, 4.69) is 13.6 Å². The maximum atomic E-state index is 11.9. The van der Waals surface area contributed by atoms with Gasteiger partial charge in [-0.15, -0.1) is 12.4 Å². The fourth-order valence-electron chi connectivity index (χ4n) is 0.846. The topological polar surface area (TPSA) is 157 Å². The van der Waals surface area contributed by atoms with Crippen LogP contribution in [0.3, 0.4) is 0 Å². The zero-order valence-corrected chi connectivity index (χ0v) is 12.5. The molecule has 0 aromatic rings. The van der Waals surface area contributed by atoms with E-state index in [1.54, 1.807) is 0 Å². The molecule has 0 aromatic carbocycles. The van der Waals surface area contributed by atoms with Crippen molar-refractivity contribution in [3.8, 4) is 0 Å². The third-order valence-corrected chi connectivity index (χ3v) is 3.19. The smallest absolute Gasteiger partial charge is 0.474 e. The number of carboxylic acids is 3. The molecule has 3 N–H and O–H groups in total. The number of hydrogen-bond acceptors (Lipinski definition) is 7. The van der Waals surface area contributed by atoms with Crippen molar-refractivity contribution >= 4 is 38.1 Å². The number of carbonyl (C=O) groups is 3. The van der Waals surface area contributed by atoms with E-state index in [9.17, 15) is 18.9 Å². The maximum absolute atomic E-state index is 11.9. The normalized spacial score (nSPS) is 10.7. The molecule has 0 heterocycles. The molecule has 0 bridgehead atoms. The number of aliphatic carboxylic acids is 3. The van der Waals surface area contributed by atoms with E-state index in [-0.39, 0.29) is 12.4 Å². The summed E-state index contributed by atoms with van der Waals surface area (Å²) in [6.45, 7) is -1.44. The van der Waals surface area contributed by atoms with E-state index in [0.29, 0.717) is 0 Å². The molecular weight excluding hydrogens is 335 g/mol. The van der Waals surface area contributed by atoms with E-state index in [1.807, 2.05) is 0 Å². The Morgan fingerprint density at radius 3 is 1.14 bits per heavy atom. The molecule has 0 amide bonds. The molecule has 0 atom stereocenters. The van der Waals surface area contributed by atoms with Gasteiger partial charge in [-0.2, -0.15) is 0 Å². The summed E-state index contributed by atoms with van der Waals surface area (Å²) in [4.78, 5) is 30.9. The molecular formula is C9H16ClO10P. The second kappa shape index (κ2) is 11.5. The molecule has 21 heavy (non-hydrogen) atoms. The molecule has 0 aliphatic carbocycles. The van der Waals surface area contributed by atoms with E-state index < -0.39 is 64.8 Å². The summed E-state index contributed by atoms with van der Waals surface area (Å²) in [6, 6.07) is 0. The number of halogens is 1. The fraction of sp³-hybridized carbons (Fsp3) is 0.667. The second-order valence-corrected chi connectivity index (χ2v) is 5.05. The Kier molecular flexibility index (Phi) is 12.1. The van der Waals surface area contributed by atoms with Gasteiger partial charge >= 0.3 is 25.7 Å². The average Bonchev–Trinajstić information content (AvgIpc) is 2.27. The molecule has 0 radical (unpaired) electrons. The third kappa shape index (κ3) is 13.5. The number of phosphoric acid groups is 1. The first kappa shape index (κ1) is 22.1. The van der Waals surface area contributed by atoms with Crippen molar-refractivity contribution in [2.24, 2.45) is 0 Å². The summed E-state index contributed by atoms with van der Waals surface area (Å²) in [7, 11) is -4.18. The van der Waals surface area contributed by atoms with Crippen molar-refractivity contribution in [2.45, 2.75) is 19.3 Å². The van der Waals surface area contributed by atoms with Crippen LogP contribution in [-0.2, 0) is 32.5 Å². The largest absolute Gasteiger partial charge is 0.481 e. The summed E-state index contributed by atoms with van der Waals surface area (Å²) in [5.41, 5.74) is 0. The lowest BCUT2D eigenvalue weighted by molar-refractivity contribution is -0.138. The summed E-state index contributed by atoms with van der Waals surface area (Å²) in [6.07, 6.45) is -1.39. The van der Waals surface area contributed by atoms with Crippen LogP contribution in [0.1, 0.15) is 19.3 Å². The number of rotatable bonds is 12. The van der Waals surface area contributed by atoms with Gasteiger partial charge in [0.2, 0.25) is 0 Å². The molecule has 12 heteroatoms.